The van der Waals surface area contributed by atoms with Gasteiger partial charge >= 0.3 is 5.97 Å². The molecular formula is C18H14N6O2. The van der Waals surface area contributed by atoms with Gasteiger partial charge in [0.25, 0.3) is 0 Å². The number of nitrogens with zero attached hydrogens (tertiary/aromatic N) is 4. The minimum absolute atomic E-state index is 0.0492. The number of aromatic nitrogens is 3. The van der Waals surface area contributed by atoms with Gasteiger partial charge in [-0.15, -0.1) is 0 Å². The molecule has 1 aromatic heterocycles. The number of hydrogen-bond donors (Lipinski definition) is 2. The second kappa shape index (κ2) is 7.27. The summed E-state index contributed by atoms with van der Waals surface area (Å²) in [5.41, 5.74) is 13.0. The van der Waals surface area contributed by atoms with Gasteiger partial charge < -0.3 is 16.2 Å². The average molecular weight is 346 g/mol. The fraction of sp³-hybridized carbons (Fsp3) is 0.0556. The molecule has 3 rings (SSSR count). The molecule has 0 fully saturated rings. The molecule has 8 nitrogen and oxygen atoms in total. The number of benzene rings is 2. The molecule has 128 valence electrons. The Morgan fingerprint density at radius 1 is 0.962 bits per heavy atom. The maximum absolute atomic E-state index is 12.5. The Labute approximate surface area is 149 Å². The summed E-state index contributed by atoms with van der Waals surface area (Å²) in [6, 6.07) is 16.0. The first-order valence-electron chi connectivity index (χ1n) is 7.60. The van der Waals surface area contributed by atoms with Crippen molar-refractivity contribution in [2.24, 2.45) is 0 Å². The molecule has 3 aromatic rings. The highest BCUT2D eigenvalue weighted by Gasteiger charge is 2.16. The SMILES string of the molecule is N#Cc1ccccc1-c1ccccc1C(=O)OCc1nc(N)nc(N)n1. The lowest BCUT2D eigenvalue weighted by molar-refractivity contribution is 0.0463. The van der Waals surface area contributed by atoms with Gasteiger partial charge in [-0.3, -0.25) is 0 Å². The normalized spacial score (nSPS) is 10.1. The molecular weight excluding hydrogens is 332 g/mol. The van der Waals surface area contributed by atoms with Crippen molar-refractivity contribution in [3.63, 3.8) is 0 Å². The van der Waals surface area contributed by atoms with E-state index in [0.717, 1.165) is 0 Å². The number of rotatable bonds is 4. The second-order valence-electron chi connectivity index (χ2n) is 5.25. The van der Waals surface area contributed by atoms with Gasteiger partial charge in [-0.05, 0) is 17.7 Å². The molecule has 2 aromatic carbocycles. The zero-order valence-electron chi connectivity index (χ0n) is 13.6. The minimum Gasteiger partial charge on any atom is -0.454 e. The number of nitrogen functional groups attached to an aromatic ring is 2. The van der Waals surface area contributed by atoms with Gasteiger partial charge in [0, 0.05) is 5.56 Å². The molecule has 1 heterocycles. The number of carbonyl (C=O) groups excluding carboxylic acids is 1. The topological polar surface area (TPSA) is 141 Å². The van der Waals surface area contributed by atoms with Gasteiger partial charge in [0.2, 0.25) is 11.9 Å². The lowest BCUT2D eigenvalue weighted by atomic mass is 9.96. The molecule has 0 saturated heterocycles. The number of nitrogens with two attached hydrogens (primary N) is 2. The molecule has 0 saturated carbocycles. The van der Waals surface area contributed by atoms with Crippen LogP contribution >= 0.6 is 0 Å². The number of nitriles is 1. The largest absolute Gasteiger partial charge is 0.454 e. The molecule has 0 unspecified atom stereocenters. The fourth-order valence-corrected chi connectivity index (χ4v) is 2.44. The number of carbonyl (C=O) groups is 1. The van der Waals surface area contributed by atoms with Gasteiger partial charge in [0.15, 0.2) is 12.4 Å². The maximum atomic E-state index is 12.5. The Kier molecular flexibility index (Phi) is 4.71. The molecule has 0 aliphatic carbocycles. The zero-order valence-corrected chi connectivity index (χ0v) is 13.6. The van der Waals surface area contributed by atoms with Crippen LogP contribution in [-0.4, -0.2) is 20.9 Å². The van der Waals surface area contributed by atoms with Crippen molar-refractivity contribution in [1.82, 2.24) is 15.0 Å². The summed E-state index contributed by atoms with van der Waals surface area (Å²) in [4.78, 5) is 23.9. The van der Waals surface area contributed by atoms with Crippen molar-refractivity contribution >= 4 is 17.9 Å². The van der Waals surface area contributed by atoms with Gasteiger partial charge in [0.1, 0.15) is 0 Å². The molecule has 26 heavy (non-hydrogen) atoms. The third-order valence-corrected chi connectivity index (χ3v) is 3.53. The highest BCUT2D eigenvalue weighted by molar-refractivity contribution is 5.98. The van der Waals surface area contributed by atoms with E-state index >= 15 is 0 Å². The van der Waals surface area contributed by atoms with Gasteiger partial charge in [-0.1, -0.05) is 36.4 Å². The fourth-order valence-electron chi connectivity index (χ4n) is 2.44. The van der Waals surface area contributed by atoms with Crippen molar-refractivity contribution in [1.29, 1.82) is 5.26 Å². The highest BCUT2D eigenvalue weighted by Crippen LogP contribution is 2.27. The lowest BCUT2D eigenvalue weighted by Crippen LogP contribution is -2.12. The molecule has 0 amide bonds. The Hall–Kier alpha value is -3.99. The summed E-state index contributed by atoms with van der Waals surface area (Å²) in [5.74, 6) is -0.525. The number of ether oxygens (including phenoxy) is 1. The van der Waals surface area contributed by atoms with Gasteiger partial charge in [-0.25, -0.2) is 4.79 Å². The average Bonchev–Trinajstić information content (AvgIpc) is 2.65. The summed E-state index contributed by atoms with van der Waals surface area (Å²) in [6.45, 7) is -0.204. The monoisotopic (exact) mass is 346 g/mol. The smallest absolute Gasteiger partial charge is 0.339 e. The third kappa shape index (κ3) is 3.57. The van der Waals surface area contributed by atoms with Crippen LogP contribution in [0.4, 0.5) is 11.9 Å². The predicted molar refractivity (Wildman–Crippen MR) is 94.4 cm³/mol. The third-order valence-electron chi connectivity index (χ3n) is 3.53. The van der Waals surface area contributed by atoms with Gasteiger partial charge in [-0.2, -0.15) is 20.2 Å². The van der Waals surface area contributed by atoms with E-state index in [1.807, 2.05) is 0 Å². The van der Waals surface area contributed by atoms with Crippen molar-refractivity contribution in [3.05, 3.63) is 65.5 Å². The van der Waals surface area contributed by atoms with Crippen LogP contribution in [-0.2, 0) is 11.3 Å². The van der Waals surface area contributed by atoms with Crippen LogP contribution in [0.25, 0.3) is 11.1 Å². The molecule has 8 heteroatoms. The summed E-state index contributed by atoms with van der Waals surface area (Å²) >= 11 is 0. The van der Waals surface area contributed by atoms with E-state index in [2.05, 4.69) is 21.0 Å². The first-order valence-corrected chi connectivity index (χ1v) is 7.60. The van der Waals surface area contributed by atoms with E-state index < -0.39 is 5.97 Å². The molecule has 0 atom stereocenters. The van der Waals surface area contributed by atoms with Crippen LogP contribution < -0.4 is 11.5 Å². The van der Waals surface area contributed by atoms with Crippen molar-refractivity contribution < 1.29 is 9.53 Å². The molecule has 4 N–H and O–H groups in total. The Morgan fingerprint density at radius 3 is 2.27 bits per heavy atom. The standard InChI is InChI=1S/C18H14N6O2/c19-9-11-5-1-2-6-12(11)13-7-3-4-8-14(13)16(25)26-10-15-22-17(20)24-18(21)23-15/h1-8H,10H2,(H4,20,21,22,23,24). The van der Waals surface area contributed by atoms with Crippen LogP contribution in [0.3, 0.4) is 0 Å². The molecule has 0 bridgehead atoms. The predicted octanol–water partition coefficient (Wildman–Crippen LogP) is 1.93. The number of anilines is 2. The van der Waals surface area contributed by atoms with Crippen LogP contribution in [0, 0.1) is 11.3 Å². The van der Waals surface area contributed by atoms with E-state index in [-0.39, 0.29) is 24.3 Å². The van der Waals surface area contributed by atoms with Crippen LogP contribution in [0.15, 0.2) is 48.5 Å². The van der Waals surface area contributed by atoms with Crippen molar-refractivity contribution in [2.45, 2.75) is 6.61 Å². The molecule has 0 aliphatic rings. The first kappa shape index (κ1) is 16.9. The Morgan fingerprint density at radius 2 is 1.58 bits per heavy atom. The van der Waals surface area contributed by atoms with Crippen LogP contribution in [0.1, 0.15) is 21.7 Å². The lowest BCUT2D eigenvalue weighted by Gasteiger charge is -2.11. The van der Waals surface area contributed by atoms with E-state index in [0.29, 0.717) is 22.3 Å². The molecule has 0 radical (unpaired) electrons. The summed E-state index contributed by atoms with van der Waals surface area (Å²) in [7, 11) is 0. The summed E-state index contributed by atoms with van der Waals surface area (Å²) in [6.07, 6.45) is 0. The second-order valence-corrected chi connectivity index (χ2v) is 5.25. The Bertz CT molecular complexity index is 992. The first-order chi connectivity index (χ1) is 12.6. The number of esters is 1. The zero-order chi connectivity index (χ0) is 18.5. The summed E-state index contributed by atoms with van der Waals surface area (Å²) < 4.78 is 5.27. The van der Waals surface area contributed by atoms with E-state index in [4.69, 9.17) is 16.2 Å². The van der Waals surface area contributed by atoms with Crippen molar-refractivity contribution in [3.8, 4) is 17.2 Å². The molecule has 0 aliphatic heterocycles. The van der Waals surface area contributed by atoms with Crippen LogP contribution in [0.5, 0.6) is 0 Å². The van der Waals surface area contributed by atoms with Crippen molar-refractivity contribution in [2.75, 3.05) is 11.5 Å². The quantitative estimate of drug-likeness (QED) is 0.683. The molecule has 0 spiro atoms. The highest BCUT2D eigenvalue weighted by atomic mass is 16.5. The van der Waals surface area contributed by atoms with Gasteiger partial charge in [0.05, 0.1) is 17.2 Å². The number of hydrogen-bond acceptors (Lipinski definition) is 8. The van der Waals surface area contributed by atoms with E-state index in [1.165, 1.54) is 0 Å². The maximum Gasteiger partial charge on any atom is 0.339 e. The van der Waals surface area contributed by atoms with E-state index in [9.17, 15) is 10.1 Å². The minimum atomic E-state index is -0.578. The Balaban J connectivity index is 1.88. The van der Waals surface area contributed by atoms with Crippen LogP contribution in [0.2, 0.25) is 0 Å². The summed E-state index contributed by atoms with van der Waals surface area (Å²) in [5, 5.41) is 9.30. The van der Waals surface area contributed by atoms with E-state index in [1.54, 1.807) is 48.5 Å².